The van der Waals surface area contributed by atoms with Crippen molar-refractivity contribution in [2.24, 2.45) is 0 Å². The van der Waals surface area contributed by atoms with Gasteiger partial charge in [-0.05, 0) is 55.5 Å². The summed E-state index contributed by atoms with van der Waals surface area (Å²) in [6.45, 7) is 5.12. The summed E-state index contributed by atoms with van der Waals surface area (Å²) >= 11 is 12.0. The summed E-state index contributed by atoms with van der Waals surface area (Å²) in [4.78, 5) is 2.30. The Hall–Kier alpha value is -2.28. The summed E-state index contributed by atoms with van der Waals surface area (Å²) in [6, 6.07) is 15.5. The van der Waals surface area contributed by atoms with Gasteiger partial charge in [-0.1, -0.05) is 23.7 Å². The smallest absolute Gasteiger partial charge is 0.218 e. The fourth-order valence-electron chi connectivity index (χ4n) is 3.38. The minimum atomic E-state index is 0.0883. The van der Waals surface area contributed by atoms with Crippen LogP contribution in [0.3, 0.4) is 0 Å². The first-order valence-electron chi connectivity index (χ1n) is 8.79. The van der Waals surface area contributed by atoms with Crippen LogP contribution in [-0.4, -0.2) is 40.5 Å². The molecule has 1 N–H and O–H groups in total. The Morgan fingerprint density at radius 1 is 0.963 bits per heavy atom. The molecule has 1 fully saturated rings. The minimum absolute atomic E-state index is 0.0883. The third kappa shape index (κ3) is 3.25. The molecule has 0 unspecified atom stereocenters. The van der Waals surface area contributed by atoms with Crippen LogP contribution in [0.4, 0.5) is 5.69 Å². The number of nitrogens with zero attached hydrogens (tertiary/aromatic N) is 3. The lowest BCUT2D eigenvalue weighted by atomic mass is 10.2. The normalized spacial score (nSPS) is 14.5. The summed E-state index contributed by atoms with van der Waals surface area (Å²) in [7, 11) is 0. The van der Waals surface area contributed by atoms with Crippen molar-refractivity contribution in [1.29, 1.82) is 0 Å². The summed E-state index contributed by atoms with van der Waals surface area (Å²) < 4.78 is 9.34. The van der Waals surface area contributed by atoms with Crippen molar-refractivity contribution in [3.63, 3.8) is 0 Å². The molecule has 140 valence electrons. The number of morpholine rings is 1. The van der Waals surface area contributed by atoms with Gasteiger partial charge in [0.05, 0.1) is 29.6 Å². The van der Waals surface area contributed by atoms with Crippen LogP contribution >= 0.6 is 23.8 Å². The van der Waals surface area contributed by atoms with E-state index in [0.29, 0.717) is 21.2 Å². The molecule has 1 saturated heterocycles. The Balaban J connectivity index is 1.76. The van der Waals surface area contributed by atoms with Crippen LogP contribution in [-0.2, 0) is 4.74 Å². The first-order valence-corrected chi connectivity index (χ1v) is 9.58. The van der Waals surface area contributed by atoms with Crippen molar-refractivity contribution in [1.82, 2.24) is 9.13 Å². The average Bonchev–Trinajstić information content (AvgIpc) is 2.92. The van der Waals surface area contributed by atoms with E-state index in [1.54, 1.807) is 10.6 Å². The third-order valence-electron chi connectivity index (χ3n) is 4.83. The first kappa shape index (κ1) is 18.1. The molecule has 5 nitrogen and oxygen atoms in total. The highest BCUT2D eigenvalue weighted by Gasteiger charge is 2.18. The van der Waals surface area contributed by atoms with E-state index in [0.717, 1.165) is 37.7 Å². The maximum Gasteiger partial charge on any atom is 0.218 e. The van der Waals surface area contributed by atoms with Gasteiger partial charge in [-0.25, -0.2) is 0 Å². The summed E-state index contributed by atoms with van der Waals surface area (Å²) in [5.74, 6) is 0.0883. The molecule has 1 aromatic heterocycles. The predicted molar refractivity (Wildman–Crippen MR) is 110 cm³/mol. The lowest BCUT2D eigenvalue weighted by Gasteiger charge is -2.29. The Kier molecular flexibility index (Phi) is 4.95. The van der Waals surface area contributed by atoms with Gasteiger partial charge >= 0.3 is 0 Å². The number of aromatic nitrogens is 2. The van der Waals surface area contributed by atoms with E-state index in [2.05, 4.69) is 17.0 Å². The molecule has 3 aromatic rings. The number of para-hydroxylation sites is 1. The second-order valence-corrected chi connectivity index (χ2v) is 7.20. The van der Waals surface area contributed by atoms with E-state index in [9.17, 15) is 5.11 Å². The molecular formula is C20H20ClN3O2S. The zero-order chi connectivity index (χ0) is 19.0. The Morgan fingerprint density at radius 3 is 2.26 bits per heavy atom. The van der Waals surface area contributed by atoms with E-state index < -0.39 is 0 Å². The van der Waals surface area contributed by atoms with E-state index >= 15 is 0 Å². The Labute approximate surface area is 168 Å². The van der Waals surface area contributed by atoms with Crippen LogP contribution in [0.5, 0.6) is 5.88 Å². The van der Waals surface area contributed by atoms with Crippen molar-refractivity contribution >= 4 is 29.5 Å². The van der Waals surface area contributed by atoms with E-state index in [1.165, 1.54) is 0 Å². The molecule has 0 radical (unpaired) electrons. The lowest BCUT2D eigenvalue weighted by molar-refractivity contribution is 0.122. The molecule has 1 aliphatic heterocycles. The van der Waals surface area contributed by atoms with Crippen LogP contribution in [0.2, 0.25) is 5.02 Å². The zero-order valence-corrected chi connectivity index (χ0v) is 16.5. The molecule has 27 heavy (non-hydrogen) atoms. The summed E-state index contributed by atoms with van der Waals surface area (Å²) in [5.41, 5.74) is 3.38. The monoisotopic (exact) mass is 401 g/mol. The number of benzene rings is 2. The fraction of sp³-hybridized carbons (Fsp3) is 0.250. The van der Waals surface area contributed by atoms with Crippen LogP contribution in [0.1, 0.15) is 5.69 Å². The standard InChI is InChI=1S/C20H20ClN3O2S/c1-14-19(25)24(18-5-3-2-4-17(18)21)20(27)23(14)16-8-6-15(7-9-16)22-10-12-26-13-11-22/h2-9,25H,10-13H2,1H3. The number of hydrogen-bond donors (Lipinski definition) is 1. The first-order chi connectivity index (χ1) is 13.1. The average molecular weight is 402 g/mol. The molecule has 4 rings (SSSR count). The Bertz CT molecular complexity index is 1020. The van der Waals surface area contributed by atoms with Crippen molar-refractivity contribution in [3.8, 4) is 17.3 Å². The lowest BCUT2D eigenvalue weighted by Crippen LogP contribution is -2.36. The molecule has 0 spiro atoms. The summed E-state index contributed by atoms with van der Waals surface area (Å²) in [6.07, 6.45) is 0. The van der Waals surface area contributed by atoms with Crippen molar-refractivity contribution in [2.75, 3.05) is 31.2 Å². The number of imidazole rings is 1. The fourth-order valence-corrected chi connectivity index (χ4v) is 4.03. The Morgan fingerprint density at radius 2 is 1.59 bits per heavy atom. The summed E-state index contributed by atoms with van der Waals surface area (Å²) in [5, 5.41) is 11.2. The number of ether oxygens (including phenoxy) is 1. The molecular weight excluding hydrogens is 382 g/mol. The topological polar surface area (TPSA) is 42.6 Å². The van der Waals surface area contributed by atoms with Crippen LogP contribution in [0.15, 0.2) is 48.5 Å². The predicted octanol–water partition coefficient (Wildman–Crippen LogP) is 4.50. The molecule has 1 aliphatic rings. The van der Waals surface area contributed by atoms with Gasteiger partial charge in [0.25, 0.3) is 0 Å². The molecule has 7 heteroatoms. The van der Waals surface area contributed by atoms with Crippen LogP contribution < -0.4 is 4.90 Å². The number of rotatable bonds is 3. The van der Waals surface area contributed by atoms with Crippen LogP contribution in [0, 0.1) is 11.7 Å². The molecule has 0 atom stereocenters. The maximum atomic E-state index is 10.7. The van der Waals surface area contributed by atoms with Gasteiger partial charge in [0, 0.05) is 24.5 Å². The molecule has 0 bridgehead atoms. The molecule has 2 aromatic carbocycles. The SMILES string of the molecule is Cc1c(O)n(-c2ccccc2Cl)c(=S)n1-c1ccc(N2CCOCC2)cc1. The van der Waals surface area contributed by atoms with E-state index in [1.807, 2.05) is 41.8 Å². The third-order valence-corrected chi connectivity index (χ3v) is 5.52. The highest BCUT2D eigenvalue weighted by Crippen LogP contribution is 2.31. The molecule has 0 saturated carbocycles. The van der Waals surface area contributed by atoms with Crippen molar-refractivity contribution in [2.45, 2.75) is 6.92 Å². The highest BCUT2D eigenvalue weighted by molar-refractivity contribution is 7.71. The second-order valence-electron chi connectivity index (χ2n) is 6.43. The van der Waals surface area contributed by atoms with Crippen LogP contribution in [0.25, 0.3) is 11.4 Å². The minimum Gasteiger partial charge on any atom is -0.493 e. The maximum absolute atomic E-state index is 10.7. The van der Waals surface area contributed by atoms with E-state index in [4.69, 9.17) is 28.6 Å². The van der Waals surface area contributed by atoms with Crippen molar-refractivity contribution in [3.05, 3.63) is 64.0 Å². The molecule has 0 aliphatic carbocycles. The number of aromatic hydroxyl groups is 1. The van der Waals surface area contributed by atoms with Gasteiger partial charge in [0.15, 0.2) is 4.77 Å². The van der Waals surface area contributed by atoms with Gasteiger partial charge in [0.1, 0.15) is 0 Å². The van der Waals surface area contributed by atoms with Gasteiger partial charge in [-0.15, -0.1) is 0 Å². The largest absolute Gasteiger partial charge is 0.493 e. The quantitative estimate of drug-likeness (QED) is 0.656. The highest BCUT2D eigenvalue weighted by atomic mass is 35.5. The number of hydrogen-bond acceptors (Lipinski definition) is 4. The molecule has 2 heterocycles. The second kappa shape index (κ2) is 7.38. The zero-order valence-electron chi connectivity index (χ0n) is 14.9. The van der Waals surface area contributed by atoms with Gasteiger partial charge < -0.3 is 14.7 Å². The van der Waals surface area contributed by atoms with E-state index in [-0.39, 0.29) is 5.88 Å². The molecule has 0 amide bonds. The van der Waals surface area contributed by atoms with Gasteiger partial charge in [-0.2, -0.15) is 0 Å². The van der Waals surface area contributed by atoms with Gasteiger partial charge in [-0.3, -0.25) is 9.13 Å². The van der Waals surface area contributed by atoms with Gasteiger partial charge in [0.2, 0.25) is 5.88 Å². The van der Waals surface area contributed by atoms with Crippen molar-refractivity contribution < 1.29 is 9.84 Å². The number of anilines is 1. The number of halogens is 1.